The number of hydrogen-bond acceptors (Lipinski definition) is 3. The number of anilines is 1. The fourth-order valence-corrected chi connectivity index (χ4v) is 2.30. The summed E-state index contributed by atoms with van der Waals surface area (Å²) in [5, 5.41) is 4.53. The second kappa shape index (κ2) is 6.72. The van der Waals surface area contributed by atoms with Crippen molar-refractivity contribution >= 4 is 23.5 Å². The van der Waals surface area contributed by atoms with E-state index in [9.17, 15) is 23.2 Å². The van der Waals surface area contributed by atoms with Gasteiger partial charge in [0.25, 0.3) is 5.91 Å². The average molecular weight is 325 g/mol. The van der Waals surface area contributed by atoms with Crippen LogP contribution in [0.3, 0.4) is 0 Å². The van der Waals surface area contributed by atoms with Crippen LogP contribution in [0, 0.1) is 17.6 Å². The number of nitrogens with one attached hydrogen (secondary N) is 2. The van der Waals surface area contributed by atoms with Gasteiger partial charge in [0.05, 0.1) is 0 Å². The summed E-state index contributed by atoms with van der Waals surface area (Å²) in [6, 6.07) is 1.77. The Hall–Kier alpha value is -2.51. The van der Waals surface area contributed by atoms with Gasteiger partial charge in [0.1, 0.15) is 29.9 Å². The molecule has 4 amide bonds. The largest absolute Gasteiger partial charge is 0.326 e. The third-order valence-corrected chi connectivity index (χ3v) is 3.34. The van der Waals surface area contributed by atoms with E-state index in [1.54, 1.807) is 0 Å². The number of urea groups is 1. The van der Waals surface area contributed by atoms with E-state index in [4.69, 9.17) is 0 Å². The Morgan fingerprint density at radius 1 is 1.30 bits per heavy atom. The maximum atomic E-state index is 13.5. The van der Waals surface area contributed by atoms with Gasteiger partial charge in [-0.15, -0.1) is 0 Å². The third kappa shape index (κ3) is 3.82. The predicted octanol–water partition coefficient (Wildman–Crippen LogP) is 1.87. The summed E-state index contributed by atoms with van der Waals surface area (Å²) in [5.41, 5.74) is -0.608. The van der Waals surface area contributed by atoms with E-state index in [1.807, 2.05) is 19.2 Å². The highest BCUT2D eigenvalue weighted by Crippen LogP contribution is 2.18. The van der Waals surface area contributed by atoms with Crippen LogP contribution in [0.15, 0.2) is 18.2 Å². The zero-order valence-corrected chi connectivity index (χ0v) is 12.7. The minimum absolute atomic E-state index is 0.186. The van der Waals surface area contributed by atoms with Gasteiger partial charge in [-0.25, -0.2) is 13.6 Å². The fourth-order valence-electron chi connectivity index (χ4n) is 2.30. The molecule has 0 aromatic heterocycles. The smallest absolute Gasteiger partial charge is 0.325 e. The molecule has 0 spiro atoms. The van der Waals surface area contributed by atoms with Crippen molar-refractivity contribution in [1.29, 1.82) is 0 Å². The molecule has 1 heterocycles. The number of para-hydroxylation sites is 1. The highest BCUT2D eigenvalue weighted by Gasteiger charge is 2.39. The summed E-state index contributed by atoms with van der Waals surface area (Å²) >= 11 is 0. The molecular formula is C15H17F2N3O3. The standard InChI is InChI=1S/C15H17F2N3O3/c1-8(2)6-11-14(22)20(15(23)18-11)7-12(21)19-13-9(16)4-3-5-10(13)17/h3-5,8,11H,6-7H2,1-2H3,(H,18,23)(H,19,21)/t11-/m1/s1. The van der Waals surface area contributed by atoms with Gasteiger partial charge < -0.3 is 10.6 Å². The number of halogens is 2. The number of imide groups is 1. The van der Waals surface area contributed by atoms with Gasteiger partial charge in [0.15, 0.2) is 0 Å². The van der Waals surface area contributed by atoms with E-state index in [-0.39, 0.29) is 5.92 Å². The lowest BCUT2D eigenvalue weighted by molar-refractivity contribution is -0.131. The Labute approximate surface area is 131 Å². The summed E-state index contributed by atoms with van der Waals surface area (Å²) in [5.74, 6) is -3.07. The lowest BCUT2D eigenvalue weighted by atomic mass is 10.0. The average Bonchev–Trinajstić information content (AvgIpc) is 2.70. The first-order valence-electron chi connectivity index (χ1n) is 7.15. The highest BCUT2D eigenvalue weighted by atomic mass is 19.1. The molecule has 2 N–H and O–H groups in total. The normalized spacial score (nSPS) is 17.6. The van der Waals surface area contributed by atoms with Crippen molar-refractivity contribution < 1.29 is 23.2 Å². The molecule has 1 aromatic rings. The molecule has 1 aliphatic rings. The minimum Gasteiger partial charge on any atom is -0.326 e. The molecule has 0 saturated carbocycles. The quantitative estimate of drug-likeness (QED) is 0.811. The second-order valence-electron chi connectivity index (χ2n) is 5.70. The molecule has 0 aliphatic carbocycles. The molecule has 1 fully saturated rings. The van der Waals surface area contributed by atoms with Crippen LogP contribution >= 0.6 is 0 Å². The van der Waals surface area contributed by atoms with Gasteiger partial charge >= 0.3 is 6.03 Å². The molecule has 23 heavy (non-hydrogen) atoms. The first-order valence-corrected chi connectivity index (χ1v) is 7.15. The van der Waals surface area contributed by atoms with Crippen LogP contribution in [0.5, 0.6) is 0 Å². The first kappa shape index (κ1) is 16.9. The summed E-state index contributed by atoms with van der Waals surface area (Å²) < 4.78 is 26.9. The van der Waals surface area contributed by atoms with Crippen molar-refractivity contribution in [3.8, 4) is 0 Å². The van der Waals surface area contributed by atoms with Crippen LogP contribution in [-0.2, 0) is 9.59 Å². The van der Waals surface area contributed by atoms with Crippen molar-refractivity contribution in [3.63, 3.8) is 0 Å². The Bertz CT molecular complexity index is 629. The predicted molar refractivity (Wildman–Crippen MR) is 78.5 cm³/mol. The summed E-state index contributed by atoms with van der Waals surface area (Å²) in [6.07, 6.45) is 0.449. The summed E-state index contributed by atoms with van der Waals surface area (Å²) in [7, 11) is 0. The molecule has 1 aliphatic heterocycles. The van der Waals surface area contributed by atoms with Gasteiger partial charge in [-0.1, -0.05) is 19.9 Å². The van der Waals surface area contributed by atoms with E-state index < -0.39 is 47.8 Å². The van der Waals surface area contributed by atoms with Gasteiger partial charge in [-0.3, -0.25) is 14.5 Å². The molecule has 6 nitrogen and oxygen atoms in total. The van der Waals surface area contributed by atoms with Crippen molar-refractivity contribution in [2.75, 3.05) is 11.9 Å². The molecule has 1 atom stereocenters. The maximum Gasteiger partial charge on any atom is 0.325 e. The molecule has 1 saturated heterocycles. The zero-order chi connectivity index (χ0) is 17.1. The molecule has 0 unspecified atom stereocenters. The number of carbonyl (C=O) groups is 3. The third-order valence-electron chi connectivity index (χ3n) is 3.34. The van der Waals surface area contributed by atoms with E-state index in [0.717, 1.165) is 23.1 Å². The van der Waals surface area contributed by atoms with Crippen molar-refractivity contribution in [2.45, 2.75) is 26.3 Å². The van der Waals surface area contributed by atoms with Crippen molar-refractivity contribution in [2.24, 2.45) is 5.92 Å². The molecule has 0 bridgehead atoms. The molecule has 2 rings (SSSR count). The molecule has 0 radical (unpaired) electrons. The number of carbonyl (C=O) groups excluding carboxylic acids is 3. The number of amides is 4. The first-order chi connectivity index (χ1) is 10.8. The number of rotatable bonds is 5. The van der Waals surface area contributed by atoms with Crippen LogP contribution in [-0.4, -0.2) is 35.3 Å². The second-order valence-corrected chi connectivity index (χ2v) is 5.70. The van der Waals surface area contributed by atoms with Crippen molar-refractivity contribution in [1.82, 2.24) is 10.2 Å². The zero-order valence-electron chi connectivity index (χ0n) is 12.7. The van der Waals surface area contributed by atoms with Crippen LogP contribution in [0.2, 0.25) is 0 Å². The molecular weight excluding hydrogens is 308 g/mol. The molecule has 1 aromatic carbocycles. The Morgan fingerprint density at radius 2 is 1.91 bits per heavy atom. The molecule has 8 heteroatoms. The number of nitrogens with zero attached hydrogens (tertiary/aromatic N) is 1. The molecule has 124 valence electrons. The summed E-state index contributed by atoms with van der Waals surface area (Å²) in [6.45, 7) is 3.19. The van der Waals surface area contributed by atoms with Gasteiger partial charge in [-0.2, -0.15) is 0 Å². The lowest BCUT2D eigenvalue weighted by Crippen LogP contribution is -2.38. The van der Waals surface area contributed by atoms with Crippen LogP contribution in [0.1, 0.15) is 20.3 Å². The van der Waals surface area contributed by atoms with E-state index in [0.29, 0.717) is 6.42 Å². The SMILES string of the molecule is CC(C)C[C@H]1NC(=O)N(CC(=O)Nc2c(F)cccc2F)C1=O. The van der Waals surface area contributed by atoms with E-state index >= 15 is 0 Å². The Balaban J connectivity index is 2.03. The lowest BCUT2D eigenvalue weighted by Gasteiger charge is -2.14. The van der Waals surface area contributed by atoms with Gasteiger partial charge in [0, 0.05) is 0 Å². The minimum atomic E-state index is -0.937. The number of hydrogen-bond donors (Lipinski definition) is 2. The van der Waals surface area contributed by atoms with Crippen LogP contribution < -0.4 is 10.6 Å². The topological polar surface area (TPSA) is 78.5 Å². The Kier molecular flexibility index (Phi) is 4.92. The maximum absolute atomic E-state index is 13.5. The van der Waals surface area contributed by atoms with Crippen LogP contribution in [0.25, 0.3) is 0 Å². The number of benzene rings is 1. The van der Waals surface area contributed by atoms with E-state index in [2.05, 4.69) is 5.32 Å². The summed E-state index contributed by atoms with van der Waals surface area (Å²) in [4.78, 5) is 36.5. The van der Waals surface area contributed by atoms with Gasteiger partial charge in [0.2, 0.25) is 5.91 Å². The van der Waals surface area contributed by atoms with Crippen molar-refractivity contribution in [3.05, 3.63) is 29.8 Å². The highest BCUT2D eigenvalue weighted by molar-refractivity contribution is 6.07. The Morgan fingerprint density at radius 3 is 2.48 bits per heavy atom. The fraction of sp³-hybridized carbons (Fsp3) is 0.400. The van der Waals surface area contributed by atoms with Gasteiger partial charge in [-0.05, 0) is 24.5 Å². The van der Waals surface area contributed by atoms with E-state index in [1.165, 1.54) is 0 Å². The monoisotopic (exact) mass is 325 g/mol. The van der Waals surface area contributed by atoms with Crippen LogP contribution in [0.4, 0.5) is 19.3 Å².